The molecule has 6 heteroatoms. The second-order valence-corrected chi connectivity index (χ2v) is 8.99. The van der Waals surface area contributed by atoms with Crippen molar-refractivity contribution < 1.29 is 14.4 Å². The molecule has 6 nitrogen and oxygen atoms in total. The van der Waals surface area contributed by atoms with Crippen LogP contribution >= 0.6 is 0 Å². The second-order valence-electron chi connectivity index (χ2n) is 8.99. The van der Waals surface area contributed by atoms with Gasteiger partial charge in [0, 0.05) is 11.3 Å². The van der Waals surface area contributed by atoms with Crippen molar-refractivity contribution in [3.8, 4) is 0 Å². The summed E-state index contributed by atoms with van der Waals surface area (Å²) >= 11 is 0. The number of fused-ring (bicyclic) bond motifs is 1. The highest BCUT2D eigenvalue weighted by Gasteiger charge is 2.37. The predicted octanol–water partition coefficient (Wildman–Crippen LogP) is 6.41. The number of aryl methyl sites for hydroxylation is 3. The van der Waals surface area contributed by atoms with Crippen molar-refractivity contribution in [2.45, 2.75) is 20.8 Å². The lowest BCUT2D eigenvalue weighted by atomic mass is 10.1. The number of amides is 3. The van der Waals surface area contributed by atoms with Gasteiger partial charge in [-0.3, -0.25) is 14.4 Å². The van der Waals surface area contributed by atoms with E-state index in [4.69, 9.17) is 0 Å². The van der Waals surface area contributed by atoms with Crippen molar-refractivity contribution in [1.29, 1.82) is 0 Å². The van der Waals surface area contributed by atoms with Crippen LogP contribution in [-0.2, 0) is 0 Å². The van der Waals surface area contributed by atoms with E-state index in [1.807, 2.05) is 81.4 Å². The van der Waals surface area contributed by atoms with Gasteiger partial charge in [-0.2, -0.15) is 0 Å². The lowest BCUT2D eigenvalue weighted by Gasteiger charge is -2.17. The molecular formula is C30H25N3O3. The van der Waals surface area contributed by atoms with Gasteiger partial charge in [0.25, 0.3) is 17.7 Å². The Hall–Kier alpha value is -4.71. The molecule has 4 aromatic carbocycles. The highest BCUT2D eigenvalue weighted by Crippen LogP contribution is 2.32. The third-order valence-electron chi connectivity index (χ3n) is 6.26. The van der Waals surface area contributed by atoms with Gasteiger partial charge in [0.2, 0.25) is 0 Å². The van der Waals surface area contributed by atoms with E-state index in [0.29, 0.717) is 22.5 Å². The van der Waals surface area contributed by atoms with E-state index in [9.17, 15) is 14.4 Å². The molecule has 0 spiro atoms. The van der Waals surface area contributed by atoms with Crippen LogP contribution in [-0.4, -0.2) is 17.7 Å². The quantitative estimate of drug-likeness (QED) is 0.327. The first-order valence-corrected chi connectivity index (χ1v) is 11.7. The Morgan fingerprint density at radius 3 is 2.11 bits per heavy atom. The van der Waals surface area contributed by atoms with Crippen LogP contribution in [0.4, 0.5) is 22.7 Å². The lowest BCUT2D eigenvalue weighted by Crippen LogP contribution is -2.30. The Bertz CT molecular complexity index is 1520. The van der Waals surface area contributed by atoms with Gasteiger partial charge >= 0.3 is 0 Å². The van der Waals surface area contributed by atoms with Gasteiger partial charge < -0.3 is 10.6 Å². The maximum atomic E-state index is 13.2. The van der Waals surface area contributed by atoms with Gasteiger partial charge in [-0.05, 0) is 80.4 Å². The van der Waals surface area contributed by atoms with Crippen LogP contribution in [0.25, 0.3) is 0 Å². The molecule has 0 aromatic heterocycles. The SMILES string of the molecule is Cc1ccc(Nc2ccccc2NC(=O)c2ccc3c(c2)C(=O)N(c2cc(C)ccc2C)C3=O)cc1. The molecule has 0 fully saturated rings. The van der Waals surface area contributed by atoms with Gasteiger partial charge in [0.15, 0.2) is 0 Å². The first-order valence-electron chi connectivity index (χ1n) is 11.7. The Balaban J connectivity index is 1.40. The molecule has 36 heavy (non-hydrogen) atoms. The van der Waals surface area contributed by atoms with Crippen molar-refractivity contribution in [3.63, 3.8) is 0 Å². The van der Waals surface area contributed by atoms with Crippen molar-refractivity contribution in [2.75, 3.05) is 15.5 Å². The molecule has 0 aliphatic carbocycles. The van der Waals surface area contributed by atoms with E-state index in [0.717, 1.165) is 28.1 Å². The maximum absolute atomic E-state index is 13.2. The molecule has 3 amide bonds. The number of hydrogen-bond acceptors (Lipinski definition) is 4. The van der Waals surface area contributed by atoms with E-state index < -0.39 is 5.91 Å². The minimum Gasteiger partial charge on any atom is -0.354 e. The van der Waals surface area contributed by atoms with Crippen LogP contribution in [0.5, 0.6) is 0 Å². The first kappa shape index (κ1) is 23.1. The third-order valence-corrected chi connectivity index (χ3v) is 6.26. The molecule has 0 atom stereocenters. The molecule has 1 aliphatic rings. The van der Waals surface area contributed by atoms with Crippen LogP contribution in [0.15, 0.2) is 84.9 Å². The number of carbonyl (C=O) groups is 3. The van der Waals surface area contributed by atoms with Gasteiger partial charge in [-0.1, -0.05) is 42.0 Å². The zero-order valence-electron chi connectivity index (χ0n) is 20.3. The first-order chi connectivity index (χ1) is 17.3. The van der Waals surface area contributed by atoms with Crippen LogP contribution in [0.2, 0.25) is 0 Å². The molecule has 178 valence electrons. The fraction of sp³-hybridized carbons (Fsp3) is 0.100. The minimum atomic E-state index is -0.431. The highest BCUT2D eigenvalue weighted by atomic mass is 16.2. The summed E-state index contributed by atoms with van der Waals surface area (Å²) in [5, 5.41) is 6.25. The molecule has 0 unspecified atom stereocenters. The van der Waals surface area contributed by atoms with Gasteiger partial charge in [-0.15, -0.1) is 0 Å². The largest absolute Gasteiger partial charge is 0.354 e. The molecule has 5 rings (SSSR count). The van der Waals surface area contributed by atoms with Gasteiger partial charge in [0.1, 0.15) is 0 Å². The number of rotatable bonds is 5. The van der Waals surface area contributed by atoms with Crippen LogP contribution in [0.1, 0.15) is 47.8 Å². The molecule has 1 heterocycles. The van der Waals surface area contributed by atoms with E-state index in [-0.39, 0.29) is 17.4 Å². The Labute approximate surface area is 209 Å². The molecule has 0 radical (unpaired) electrons. The van der Waals surface area contributed by atoms with E-state index in [1.54, 1.807) is 18.2 Å². The maximum Gasteiger partial charge on any atom is 0.266 e. The van der Waals surface area contributed by atoms with Crippen molar-refractivity contribution >= 4 is 40.5 Å². The number of carbonyl (C=O) groups excluding carboxylic acids is 3. The number of para-hydroxylation sites is 2. The van der Waals surface area contributed by atoms with Crippen molar-refractivity contribution in [1.82, 2.24) is 0 Å². The van der Waals surface area contributed by atoms with Gasteiger partial charge in [-0.25, -0.2) is 4.90 Å². The summed E-state index contributed by atoms with van der Waals surface area (Å²) in [5.41, 5.74) is 6.53. The topological polar surface area (TPSA) is 78.5 Å². The zero-order valence-corrected chi connectivity index (χ0v) is 20.3. The Kier molecular flexibility index (Phi) is 5.86. The number of nitrogens with one attached hydrogen (secondary N) is 2. The normalized spacial score (nSPS) is 12.5. The number of hydrogen-bond donors (Lipinski definition) is 2. The fourth-order valence-electron chi connectivity index (χ4n) is 4.25. The van der Waals surface area contributed by atoms with Gasteiger partial charge in [0.05, 0.1) is 28.2 Å². The lowest BCUT2D eigenvalue weighted by molar-refractivity contribution is 0.0925. The van der Waals surface area contributed by atoms with E-state index in [2.05, 4.69) is 10.6 Å². The fourth-order valence-corrected chi connectivity index (χ4v) is 4.25. The molecule has 0 bridgehead atoms. The predicted molar refractivity (Wildman–Crippen MR) is 142 cm³/mol. The third kappa shape index (κ3) is 4.25. The average molecular weight is 476 g/mol. The second kappa shape index (κ2) is 9.15. The number of imide groups is 1. The highest BCUT2D eigenvalue weighted by molar-refractivity contribution is 6.35. The molecule has 0 saturated heterocycles. The summed E-state index contributed by atoms with van der Waals surface area (Å²) in [7, 11) is 0. The summed E-state index contributed by atoms with van der Waals surface area (Å²) < 4.78 is 0. The zero-order chi connectivity index (χ0) is 25.4. The van der Waals surface area contributed by atoms with Crippen molar-refractivity contribution in [2.24, 2.45) is 0 Å². The van der Waals surface area contributed by atoms with Crippen LogP contribution in [0.3, 0.4) is 0 Å². The Morgan fingerprint density at radius 2 is 1.36 bits per heavy atom. The smallest absolute Gasteiger partial charge is 0.266 e. The summed E-state index contributed by atoms with van der Waals surface area (Å²) in [6.45, 7) is 5.79. The van der Waals surface area contributed by atoms with Crippen molar-refractivity contribution in [3.05, 3.63) is 118 Å². The standard InChI is InChI=1S/C30H25N3O3/c1-18-9-13-22(14-10-18)31-25-6-4-5-7-26(25)32-28(34)21-12-15-23-24(17-21)30(36)33(29(23)35)27-16-19(2)8-11-20(27)3/h4-17,31H,1-3H3,(H,32,34). The summed E-state index contributed by atoms with van der Waals surface area (Å²) in [4.78, 5) is 40.7. The number of nitrogens with zero attached hydrogens (tertiary/aromatic N) is 1. The average Bonchev–Trinajstić information content (AvgIpc) is 3.12. The number of benzene rings is 4. The summed E-state index contributed by atoms with van der Waals surface area (Å²) in [5.74, 6) is -1.19. The molecule has 4 aromatic rings. The molecule has 0 saturated carbocycles. The molecule has 2 N–H and O–H groups in total. The van der Waals surface area contributed by atoms with E-state index in [1.165, 1.54) is 11.0 Å². The van der Waals surface area contributed by atoms with E-state index >= 15 is 0 Å². The minimum absolute atomic E-state index is 0.222. The van der Waals surface area contributed by atoms with Crippen LogP contribution < -0.4 is 15.5 Å². The molecule has 1 aliphatic heterocycles. The Morgan fingerprint density at radius 1 is 0.694 bits per heavy atom. The summed E-state index contributed by atoms with van der Waals surface area (Å²) in [6.07, 6.45) is 0. The molecular weight excluding hydrogens is 450 g/mol. The monoisotopic (exact) mass is 475 g/mol. The summed E-state index contributed by atoms with van der Waals surface area (Å²) in [6, 6.07) is 25.6. The van der Waals surface area contributed by atoms with Crippen LogP contribution in [0, 0.1) is 20.8 Å². The number of anilines is 4.